The number of anilines is 1. The van der Waals surface area contributed by atoms with E-state index in [1.165, 1.54) is 4.57 Å². The quantitative estimate of drug-likeness (QED) is 0.397. The summed E-state index contributed by atoms with van der Waals surface area (Å²) < 4.78 is 13.2. The van der Waals surface area contributed by atoms with Crippen LogP contribution >= 0.6 is 12.2 Å². The van der Waals surface area contributed by atoms with Gasteiger partial charge in [0.05, 0.1) is 24.1 Å². The Morgan fingerprint density at radius 1 is 1.25 bits per heavy atom. The number of amides is 1. The summed E-state index contributed by atoms with van der Waals surface area (Å²) in [6.45, 7) is 3.97. The van der Waals surface area contributed by atoms with Gasteiger partial charge < -0.3 is 19.8 Å². The molecule has 0 bridgehead atoms. The molecule has 1 aliphatic rings. The minimum atomic E-state index is -0.307. The Hall–Kier alpha value is -3.39. The first-order chi connectivity index (χ1) is 15.5. The number of nitrogens with zero attached hydrogens (tertiary/aromatic N) is 1. The first-order valence-corrected chi connectivity index (χ1v) is 10.9. The van der Waals surface area contributed by atoms with Gasteiger partial charge >= 0.3 is 0 Å². The van der Waals surface area contributed by atoms with E-state index >= 15 is 0 Å². The third-order valence-electron chi connectivity index (χ3n) is 5.57. The Bertz CT molecular complexity index is 1290. The molecule has 166 valence electrons. The maximum atomic E-state index is 12.9. The molecule has 1 fully saturated rings. The second-order valence-electron chi connectivity index (χ2n) is 7.74. The van der Waals surface area contributed by atoms with E-state index in [9.17, 15) is 9.59 Å². The SMILES string of the molecule is C=CCn1c(=S)[nH]c2cc(C(=O)Nc3ccc(OC)c(OC4CCCC4)c3)ccc2c1=O. The molecule has 0 saturated heterocycles. The lowest BCUT2D eigenvalue weighted by Gasteiger charge is -2.17. The molecule has 0 aliphatic heterocycles. The lowest BCUT2D eigenvalue weighted by molar-refractivity contribution is 0.102. The van der Waals surface area contributed by atoms with Crippen LogP contribution in [0, 0.1) is 4.77 Å². The number of benzene rings is 2. The predicted molar refractivity (Wildman–Crippen MR) is 127 cm³/mol. The van der Waals surface area contributed by atoms with E-state index in [4.69, 9.17) is 21.7 Å². The molecule has 3 aromatic rings. The van der Waals surface area contributed by atoms with Crippen molar-refractivity contribution < 1.29 is 14.3 Å². The third kappa shape index (κ3) is 4.45. The molecular weight excluding hydrogens is 426 g/mol. The number of hydrogen-bond acceptors (Lipinski definition) is 5. The first-order valence-electron chi connectivity index (χ1n) is 10.5. The van der Waals surface area contributed by atoms with Crippen LogP contribution in [-0.2, 0) is 6.54 Å². The summed E-state index contributed by atoms with van der Waals surface area (Å²) in [4.78, 5) is 28.6. The lowest BCUT2D eigenvalue weighted by Crippen LogP contribution is -2.22. The second kappa shape index (κ2) is 9.40. The van der Waals surface area contributed by atoms with Gasteiger partial charge in [0.1, 0.15) is 0 Å². The van der Waals surface area contributed by atoms with Crippen LogP contribution in [0.5, 0.6) is 11.5 Å². The van der Waals surface area contributed by atoms with Crippen molar-refractivity contribution in [3.8, 4) is 11.5 Å². The molecule has 7 nitrogen and oxygen atoms in total. The largest absolute Gasteiger partial charge is 0.493 e. The summed E-state index contributed by atoms with van der Waals surface area (Å²) >= 11 is 5.28. The molecule has 0 unspecified atom stereocenters. The maximum Gasteiger partial charge on any atom is 0.262 e. The molecule has 1 aromatic heterocycles. The Morgan fingerprint density at radius 3 is 2.75 bits per heavy atom. The van der Waals surface area contributed by atoms with Crippen molar-refractivity contribution in [3.63, 3.8) is 0 Å². The van der Waals surface area contributed by atoms with E-state index in [0.29, 0.717) is 40.2 Å². The molecule has 1 heterocycles. The summed E-state index contributed by atoms with van der Waals surface area (Å²) in [6.07, 6.45) is 6.14. The molecule has 1 saturated carbocycles. The van der Waals surface area contributed by atoms with Gasteiger partial charge in [-0.2, -0.15) is 0 Å². The average Bonchev–Trinajstić information content (AvgIpc) is 3.29. The van der Waals surface area contributed by atoms with Gasteiger partial charge in [-0.3, -0.25) is 14.2 Å². The Balaban J connectivity index is 1.59. The van der Waals surface area contributed by atoms with Gasteiger partial charge in [0.15, 0.2) is 16.3 Å². The summed E-state index contributed by atoms with van der Waals surface area (Å²) in [6, 6.07) is 10.2. The second-order valence-corrected chi connectivity index (χ2v) is 8.13. The standard InChI is InChI=1S/C24H25N3O4S/c1-3-12-27-23(29)18-10-8-15(13-19(18)26-24(27)32)22(28)25-16-9-11-20(30-2)21(14-16)31-17-6-4-5-7-17/h3,8-11,13-14,17H,1,4-7,12H2,2H3,(H,25,28)(H,26,32). The van der Waals surface area contributed by atoms with Crippen molar-refractivity contribution in [1.82, 2.24) is 9.55 Å². The van der Waals surface area contributed by atoms with Gasteiger partial charge in [-0.15, -0.1) is 6.58 Å². The number of ether oxygens (including phenoxy) is 2. The molecule has 8 heteroatoms. The summed E-state index contributed by atoms with van der Waals surface area (Å²) in [5, 5.41) is 3.34. The zero-order chi connectivity index (χ0) is 22.7. The molecule has 32 heavy (non-hydrogen) atoms. The van der Waals surface area contributed by atoms with Gasteiger partial charge in [0.2, 0.25) is 0 Å². The van der Waals surface area contributed by atoms with E-state index in [1.807, 2.05) is 0 Å². The first kappa shape index (κ1) is 21.8. The monoisotopic (exact) mass is 451 g/mol. The van der Waals surface area contributed by atoms with Crippen molar-refractivity contribution in [2.75, 3.05) is 12.4 Å². The number of fused-ring (bicyclic) bond motifs is 1. The number of aromatic nitrogens is 2. The van der Waals surface area contributed by atoms with Crippen LogP contribution < -0.4 is 20.3 Å². The van der Waals surface area contributed by atoms with Gasteiger partial charge in [0, 0.05) is 23.9 Å². The Morgan fingerprint density at radius 2 is 2.03 bits per heavy atom. The smallest absolute Gasteiger partial charge is 0.262 e. The summed E-state index contributed by atoms with van der Waals surface area (Å²) in [7, 11) is 1.59. The van der Waals surface area contributed by atoms with Crippen molar-refractivity contribution in [2.45, 2.75) is 38.3 Å². The normalized spacial score (nSPS) is 13.8. The van der Waals surface area contributed by atoms with Crippen molar-refractivity contribution in [1.29, 1.82) is 0 Å². The fourth-order valence-corrected chi connectivity index (χ4v) is 4.19. The highest BCUT2D eigenvalue weighted by Gasteiger charge is 2.19. The highest BCUT2D eigenvalue weighted by Crippen LogP contribution is 2.34. The summed E-state index contributed by atoms with van der Waals surface area (Å²) in [5.41, 5.74) is 1.28. The number of aromatic amines is 1. The number of rotatable bonds is 7. The highest BCUT2D eigenvalue weighted by molar-refractivity contribution is 7.71. The zero-order valence-corrected chi connectivity index (χ0v) is 18.7. The fourth-order valence-electron chi connectivity index (χ4n) is 3.93. The molecule has 1 amide bonds. The van der Waals surface area contributed by atoms with Crippen molar-refractivity contribution in [3.05, 3.63) is 69.7 Å². The number of hydrogen-bond donors (Lipinski definition) is 2. The van der Waals surface area contributed by atoms with E-state index in [-0.39, 0.29) is 22.3 Å². The number of allylic oxidation sites excluding steroid dienone is 1. The average molecular weight is 452 g/mol. The van der Waals surface area contributed by atoms with Gasteiger partial charge in [-0.25, -0.2) is 0 Å². The third-order valence-corrected chi connectivity index (χ3v) is 5.90. The van der Waals surface area contributed by atoms with Crippen LogP contribution in [0.2, 0.25) is 0 Å². The Kier molecular flexibility index (Phi) is 6.41. The number of carbonyl (C=O) groups is 1. The number of carbonyl (C=O) groups excluding carboxylic acids is 1. The van der Waals surface area contributed by atoms with Crippen LogP contribution in [0.3, 0.4) is 0 Å². The van der Waals surface area contributed by atoms with Gasteiger partial charge in [0.25, 0.3) is 11.5 Å². The molecule has 4 rings (SSSR count). The fraction of sp³-hybridized carbons (Fsp3) is 0.292. The number of nitrogens with one attached hydrogen (secondary N) is 2. The molecular formula is C24H25N3O4S. The topological polar surface area (TPSA) is 85.3 Å². The van der Waals surface area contributed by atoms with E-state index in [2.05, 4.69) is 16.9 Å². The lowest BCUT2D eigenvalue weighted by atomic mass is 10.1. The van der Waals surface area contributed by atoms with Crippen LogP contribution in [0.25, 0.3) is 10.9 Å². The summed E-state index contributed by atoms with van der Waals surface area (Å²) in [5.74, 6) is 0.935. The number of methoxy groups -OCH3 is 1. The maximum absolute atomic E-state index is 12.9. The van der Waals surface area contributed by atoms with Crippen LogP contribution in [0.1, 0.15) is 36.0 Å². The van der Waals surface area contributed by atoms with E-state index in [1.54, 1.807) is 49.6 Å². The molecule has 2 N–H and O–H groups in total. The molecule has 1 aliphatic carbocycles. The van der Waals surface area contributed by atoms with Crippen molar-refractivity contribution >= 4 is 34.7 Å². The molecule has 2 aromatic carbocycles. The Labute approximate surface area is 190 Å². The van der Waals surface area contributed by atoms with Crippen LogP contribution in [0.15, 0.2) is 53.8 Å². The number of H-pyrrole nitrogens is 1. The van der Waals surface area contributed by atoms with Crippen LogP contribution in [0.4, 0.5) is 5.69 Å². The molecule has 0 spiro atoms. The van der Waals surface area contributed by atoms with E-state index in [0.717, 1.165) is 25.7 Å². The minimum Gasteiger partial charge on any atom is -0.493 e. The van der Waals surface area contributed by atoms with E-state index < -0.39 is 0 Å². The molecule has 0 atom stereocenters. The minimum absolute atomic E-state index is 0.170. The molecule has 0 radical (unpaired) electrons. The van der Waals surface area contributed by atoms with Crippen molar-refractivity contribution in [2.24, 2.45) is 0 Å². The van der Waals surface area contributed by atoms with Gasteiger partial charge in [-0.1, -0.05) is 6.08 Å². The zero-order valence-electron chi connectivity index (χ0n) is 17.8. The van der Waals surface area contributed by atoms with Crippen LogP contribution in [-0.4, -0.2) is 28.7 Å². The predicted octanol–water partition coefficient (Wildman–Crippen LogP) is 4.83. The highest BCUT2D eigenvalue weighted by atomic mass is 32.1. The van der Waals surface area contributed by atoms with Gasteiger partial charge in [-0.05, 0) is 68.2 Å².